The van der Waals surface area contributed by atoms with Crippen molar-refractivity contribution >= 4 is 24.9 Å². The molecule has 0 radical (unpaired) electrons. The number of aromatic carboxylic acids is 1. The van der Waals surface area contributed by atoms with E-state index in [2.05, 4.69) is 0 Å². The molecule has 0 unspecified atom stereocenters. The van der Waals surface area contributed by atoms with Crippen molar-refractivity contribution in [1.82, 2.24) is 0 Å². The fraction of sp³-hybridized carbons (Fsp3) is 0.438. The summed E-state index contributed by atoms with van der Waals surface area (Å²) in [5.74, 6) is -1.05. The topological polar surface area (TPSA) is 108 Å². The molecule has 0 amide bonds. The van der Waals surface area contributed by atoms with Crippen LogP contribution in [0.3, 0.4) is 0 Å². The molecule has 0 aliphatic carbocycles. The van der Waals surface area contributed by atoms with E-state index in [0.717, 1.165) is 0 Å². The maximum atomic E-state index is 11.4. The van der Waals surface area contributed by atoms with Gasteiger partial charge in [0.25, 0.3) is 0 Å². The highest BCUT2D eigenvalue weighted by atomic mass is 16.7. The largest absolute Gasteiger partial charge is 0.491 e. The molecular formula is C16H23BN2O4. The number of nitrogen functional groups attached to an aromatic ring is 1. The number of carbonyl (C=O) groups is 1. The average Bonchev–Trinajstić information content (AvgIpc) is 2.65. The lowest BCUT2D eigenvalue weighted by atomic mass is 9.76. The minimum atomic E-state index is -1.05. The number of anilines is 1. The standard InChI is InChI=1S/C16H23BN2O4/c1-15(2)16(3,4)23-17(22-15)10(9-18)8-12-11(14(20)21)6-5-7-13(12)19/h5-8H,9,18-19H2,1-4H3,(H,20,21). The van der Waals surface area contributed by atoms with Crippen LogP contribution in [0.5, 0.6) is 0 Å². The van der Waals surface area contributed by atoms with Gasteiger partial charge in [0.05, 0.1) is 16.8 Å². The normalized spacial score (nSPS) is 19.9. The number of hydrogen-bond donors (Lipinski definition) is 3. The number of carboxylic acid groups (broad SMARTS) is 1. The zero-order chi connectivity index (χ0) is 17.4. The molecule has 0 saturated carbocycles. The van der Waals surface area contributed by atoms with Gasteiger partial charge in [-0.3, -0.25) is 0 Å². The van der Waals surface area contributed by atoms with E-state index in [-0.39, 0.29) is 12.1 Å². The van der Waals surface area contributed by atoms with Crippen LogP contribution >= 0.6 is 0 Å². The molecule has 1 aliphatic heterocycles. The van der Waals surface area contributed by atoms with Crippen LogP contribution in [0.4, 0.5) is 5.69 Å². The zero-order valence-electron chi connectivity index (χ0n) is 13.9. The first-order valence-corrected chi connectivity index (χ1v) is 7.47. The predicted molar refractivity (Wildman–Crippen MR) is 90.9 cm³/mol. The van der Waals surface area contributed by atoms with Crippen LogP contribution < -0.4 is 11.5 Å². The molecule has 1 heterocycles. The van der Waals surface area contributed by atoms with Crippen molar-refractivity contribution in [1.29, 1.82) is 0 Å². The van der Waals surface area contributed by atoms with Crippen LogP contribution in [0.25, 0.3) is 6.08 Å². The molecule has 0 aromatic heterocycles. The molecule has 124 valence electrons. The summed E-state index contributed by atoms with van der Waals surface area (Å²) in [6.07, 6.45) is 1.65. The van der Waals surface area contributed by atoms with Crippen LogP contribution in [0.1, 0.15) is 43.6 Å². The van der Waals surface area contributed by atoms with E-state index in [0.29, 0.717) is 16.7 Å². The van der Waals surface area contributed by atoms with Crippen molar-refractivity contribution in [3.05, 3.63) is 34.8 Å². The van der Waals surface area contributed by atoms with Gasteiger partial charge in [0.15, 0.2) is 0 Å². The van der Waals surface area contributed by atoms with E-state index in [1.807, 2.05) is 27.7 Å². The smallest absolute Gasteiger partial charge is 0.478 e. The Bertz CT molecular complexity index is 639. The van der Waals surface area contributed by atoms with E-state index >= 15 is 0 Å². The van der Waals surface area contributed by atoms with Crippen molar-refractivity contribution in [2.75, 3.05) is 12.3 Å². The van der Waals surface area contributed by atoms with Gasteiger partial charge in [0, 0.05) is 17.8 Å². The number of rotatable bonds is 4. The van der Waals surface area contributed by atoms with E-state index in [1.165, 1.54) is 6.07 Å². The molecule has 0 bridgehead atoms. The Morgan fingerprint density at radius 1 is 1.26 bits per heavy atom. The third-order valence-electron chi connectivity index (χ3n) is 4.49. The first-order chi connectivity index (χ1) is 10.6. The molecule has 1 aromatic rings. The molecule has 23 heavy (non-hydrogen) atoms. The van der Waals surface area contributed by atoms with Crippen LogP contribution in [-0.2, 0) is 9.31 Å². The van der Waals surface area contributed by atoms with Gasteiger partial charge in [-0.1, -0.05) is 12.1 Å². The Kier molecular flexibility index (Phi) is 4.57. The number of carboxylic acids is 1. The molecule has 1 aliphatic rings. The van der Waals surface area contributed by atoms with E-state index in [9.17, 15) is 9.90 Å². The molecule has 0 spiro atoms. The second-order valence-corrected chi connectivity index (χ2v) is 6.63. The summed E-state index contributed by atoms with van der Waals surface area (Å²) in [6.45, 7) is 7.95. The molecule has 7 heteroatoms. The molecule has 1 aromatic carbocycles. The lowest BCUT2D eigenvalue weighted by molar-refractivity contribution is 0.00578. The molecule has 2 rings (SSSR count). The summed E-state index contributed by atoms with van der Waals surface area (Å²) in [5, 5.41) is 9.33. The summed E-state index contributed by atoms with van der Waals surface area (Å²) in [7, 11) is -0.633. The Hall–Kier alpha value is -1.83. The van der Waals surface area contributed by atoms with Crippen LogP contribution in [0.15, 0.2) is 23.7 Å². The Labute approximate surface area is 136 Å². The van der Waals surface area contributed by atoms with Crippen molar-refractivity contribution in [2.45, 2.75) is 38.9 Å². The SMILES string of the molecule is CC1(C)OB(C(=Cc2c(N)cccc2C(=O)O)CN)OC1(C)C. The van der Waals surface area contributed by atoms with E-state index in [4.69, 9.17) is 20.8 Å². The first kappa shape index (κ1) is 17.5. The van der Waals surface area contributed by atoms with Gasteiger partial charge in [-0.2, -0.15) is 0 Å². The molecule has 5 N–H and O–H groups in total. The Balaban J connectivity index is 2.44. The maximum absolute atomic E-state index is 11.4. The van der Waals surface area contributed by atoms with Crippen molar-refractivity contribution in [3.63, 3.8) is 0 Å². The van der Waals surface area contributed by atoms with Gasteiger partial charge >= 0.3 is 13.1 Å². The van der Waals surface area contributed by atoms with Gasteiger partial charge in [0.2, 0.25) is 0 Å². The lowest BCUT2D eigenvalue weighted by Gasteiger charge is -2.32. The second-order valence-electron chi connectivity index (χ2n) is 6.63. The van der Waals surface area contributed by atoms with Gasteiger partial charge < -0.3 is 25.9 Å². The van der Waals surface area contributed by atoms with E-state index in [1.54, 1.807) is 18.2 Å². The summed E-state index contributed by atoms with van der Waals surface area (Å²) >= 11 is 0. The predicted octanol–water partition coefficient (Wildman–Crippen LogP) is 1.94. The van der Waals surface area contributed by atoms with Crippen LogP contribution in [-0.4, -0.2) is 35.9 Å². The van der Waals surface area contributed by atoms with Crippen LogP contribution in [0.2, 0.25) is 0 Å². The fourth-order valence-electron chi connectivity index (χ4n) is 2.33. The molecule has 0 atom stereocenters. The third-order valence-corrected chi connectivity index (χ3v) is 4.49. The molecule has 1 fully saturated rings. The van der Waals surface area contributed by atoms with Gasteiger partial charge in [-0.05, 0) is 45.3 Å². The highest BCUT2D eigenvalue weighted by molar-refractivity contribution is 6.56. The average molecular weight is 318 g/mol. The first-order valence-electron chi connectivity index (χ1n) is 7.47. The highest BCUT2D eigenvalue weighted by Crippen LogP contribution is 2.39. The van der Waals surface area contributed by atoms with Gasteiger partial charge in [-0.15, -0.1) is 0 Å². The van der Waals surface area contributed by atoms with Gasteiger partial charge in [-0.25, -0.2) is 4.79 Å². The monoisotopic (exact) mass is 318 g/mol. The molecule has 6 nitrogen and oxygen atoms in total. The fourth-order valence-corrected chi connectivity index (χ4v) is 2.33. The number of hydrogen-bond acceptors (Lipinski definition) is 5. The third kappa shape index (κ3) is 3.27. The van der Waals surface area contributed by atoms with E-state index < -0.39 is 24.3 Å². The zero-order valence-corrected chi connectivity index (χ0v) is 13.9. The Morgan fingerprint density at radius 2 is 1.83 bits per heavy atom. The van der Waals surface area contributed by atoms with Crippen LogP contribution in [0, 0.1) is 0 Å². The van der Waals surface area contributed by atoms with Crippen molar-refractivity contribution < 1.29 is 19.2 Å². The quantitative estimate of drug-likeness (QED) is 0.578. The summed E-state index contributed by atoms with van der Waals surface area (Å²) in [6, 6.07) is 4.76. The summed E-state index contributed by atoms with van der Waals surface area (Å²) in [5.41, 5.74) is 12.3. The van der Waals surface area contributed by atoms with Gasteiger partial charge in [0.1, 0.15) is 0 Å². The second kappa shape index (κ2) is 6.00. The maximum Gasteiger partial charge on any atom is 0.491 e. The number of benzene rings is 1. The minimum absolute atomic E-state index is 0.118. The summed E-state index contributed by atoms with van der Waals surface area (Å²) < 4.78 is 11.9. The lowest BCUT2D eigenvalue weighted by Crippen LogP contribution is -2.41. The van der Waals surface area contributed by atoms with Crippen molar-refractivity contribution in [2.24, 2.45) is 5.73 Å². The highest BCUT2D eigenvalue weighted by Gasteiger charge is 2.52. The Morgan fingerprint density at radius 3 is 2.30 bits per heavy atom. The molecular weight excluding hydrogens is 295 g/mol. The van der Waals surface area contributed by atoms with Crippen molar-refractivity contribution in [3.8, 4) is 0 Å². The number of nitrogens with two attached hydrogens (primary N) is 2. The molecule has 1 saturated heterocycles. The minimum Gasteiger partial charge on any atom is -0.478 e. The summed E-state index contributed by atoms with van der Waals surface area (Å²) in [4.78, 5) is 11.4.